The van der Waals surface area contributed by atoms with Crippen molar-refractivity contribution in [3.63, 3.8) is 0 Å². The van der Waals surface area contributed by atoms with Gasteiger partial charge in [0.05, 0.1) is 5.39 Å². The van der Waals surface area contributed by atoms with Crippen molar-refractivity contribution < 1.29 is 38.1 Å². The summed E-state index contributed by atoms with van der Waals surface area (Å²) in [6.07, 6.45) is 7.86. The Morgan fingerprint density at radius 2 is 1.00 bits per heavy atom. The number of rotatable bonds is 18. The van der Waals surface area contributed by atoms with Gasteiger partial charge in [-0.15, -0.1) is 0 Å². The SMILES string of the molecule is CCCCCCC(=O)Oc1ccc2c(OC(=O)CC(C)C)c3ccccc3c(OC(=O)CC(C)C)c2c1OC(=O)CCCCCC. The summed E-state index contributed by atoms with van der Waals surface area (Å²) in [4.78, 5) is 52.4. The van der Waals surface area contributed by atoms with Crippen molar-refractivity contribution in [1.82, 2.24) is 0 Å². The topological polar surface area (TPSA) is 105 Å². The molecule has 46 heavy (non-hydrogen) atoms. The van der Waals surface area contributed by atoms with Gasteiger partial charge in [-0.25, -0.2) is 0 Å². The largest absolute Gasteiger partial charge is 0.425 e. The van der Waals surface area contributed by atoms with E-state index >= 15 is 0 Å². The molecule has 0 radical (unpaired) electrons. The Bertz CT molecular complexity index is 1500. The zero-order valence-corrected chi connectivity index (χ0v) is 28.4. The minimum Gasteiger partial charge on any atom is -0.425 e. The van der Waals surface area contributed by atoms with E-state index in [0.717, 1.165) is 38.5 Å². The smallest absolute Gasteiger partial charge is 0.311 e. The molecule has 3 aromatic carbocycles. The number of esters is 4. The highest BCUT2D eigenvalue weighted by Crippen LogP contribution is 2.50. The van der Waals surface area contributed by atoms with Gasteiger partial charge in [0.15, 0.2) is 17.2 Å². The highest BCUT2D eigenvalue weighted by Gasteiger charge is 2.27. The molecule has 0 atom stereocenters. The first-order valence-electron chi connectivity index (χ1n) is 16.9. The van der Waals surface area contributed by atoms with Crippen LogP contribution in [-0.2, 0) is 19.2 Å². The molecule has 3 rings (SSSR count). The molecule has 0 aliphatic rings. The van der Waals surface area contributed by atoms with Crippen LogP contribution in [0.1, 0.15) is 119 Å². The van der Waals surface area contributed by atoms with Crippen molar-refractivity contribution in [1.29, 1.82) is 0 Å². The zero-order chi connectivity index (χ0) is 33.6. The standard InChI is InChI=1S/C38H50O8/c1-7-9-11-13-19-31(39)43-30-22-21-29-35(38(30)44-32(40)20-14-12-10-8-2)37(46-34(42)24-26(5)6)28-18-16-15-17-27(28)36(29)45-33(41)23-25(3)4/h15-18,21-22,25-26H,7-14,19-20,23-24H2,1-6H3. The Morgan fingerprint density at radius 1 is 0.522 bits per heavy atom. The lowest BCUT2D eigenvalue weighted by molar-refractivity contribution is -0.137. The number of hydrogen-bond acceptors (Lipinski definition) is 8. The molecule has 0 saturated carbocycles. The highest BCUT2D eigenvalue weighted by atomic mass is 16.6. The summed E-state index contributed by atoms with van der Waals surface area (Å²) in [7, 11) is 0. The Morgan fingerprint density at radius 3 is 1.52 bits per heavy atom. The number of carbonyl (C=O) groups is 4. The summed E-state index contributed by atoms with van der Waals surface area (Å²) < 4.78 is 23.9. The normalized spacial score (nSPS) is 11.3. The van der Waals surface area contributed by atoms with Gasteiger partial charge in [0.1, 0.15) is 5.75 Å². The minimum atomic E-state index is -0.505. The first kappa shape index (κ1) is 36.5. The van der Waals surface area contributed by atoms with Crippen LogP contribution in [0, 0.1) is 11.8 Å². The van der Waals surface area contributed by atoms with E-state index in [1.807, 2.05) is 27.7 Å². The van der Waals surface area contributed by atoms with E-state index in [1.54, 1.807) is 36.4 Å². The molecule has 0 spiro atoms. The van der Waals surface area contributed by atoms with E-state index in [2.05, 4.69) is 13.8 Å². The van der Waals surface area contributed by atoms with Crippen LogP contribution < -0.4 is 18.9 Å². The van der Waals surface area contributed by atoms with E-state index in [-0.39, 0.29) is 65.9 Å². The van der Waals surface area contributed by atoms with Gasteiger partial charge in [0.2, 0.25) is 0 Å². The van der Waals surface area contributed by atoms with Crippen LogP contribution in [0.25, 0.3) is 21.5 Å². The maximum absolute atomic E-state index is 13.3. The number of hydrogen-bond donors (Lipinski definition) is 0. The fourth-order valence-corrected chi connectivity index (χ4v) is 5.24. The first-order chi connectivity index (χ1) is 22.0. The third-order valence-electron chi connectivity index (χ3n) is 7.50. The number of carbonyl (C=O) groups excluding carboxylic acids is 4. The predicted octanol–water partition coefficient (Wildman–Crippen LogP) is 9.65. The van der Waals surface area contributed by atoms with Crippen LogP contribution in [0.4, 0.5) is 0 Å². The van der Waals surface area contributed by atoms with E-state index in [9.17, 15) is 19.2 Å². The van der Waals surface area contributed by atoms with Gasteiger partial charge in [-0.3, -0.25) is 19.2 Å². The molecule has 3 aromatic rings. The summed E-state index contributed by atoms with van der Waals surface area (Å²) >= 11 is 0. The van der Waals surface area contributed by atoms with Crippen molar-refractivity contribution >= 4 is 45.4 Å². The lowest BCUT2D eigenvalue weighted by Gasteiger charge is -2.20. The molecule has 0 aliphatic carbocycles. The molecular weight excluding hydrogens is 584 g/mol. The van der Waals surface area contributed by atoms with Crippen LogP contribution >= 0.6 is 0 Å². The van der Waals surface area contributed by atoms with Crippen molar-refractivity contribution in [2.24, 2.45) is 11.8 Å². The quantitative estimate of drug-likeness (QED) is 0.0589. The number of benzene rings is 3. The van der Waals surface area contributed by atoms with Crippen LogP contribution in [-0.4, -0.2) is 23.9 Å². The van der Waals surface area contributed by atoms with Crippen molar-refractivity contribution in [3.8, 4) is 23.0 Å². The Balaban J connectivity index is 2.28. The van der Waals surface area contributed by atoms with Gasteiger partial charge < -0.3 is 18.9 Å². The molecule has 0 amide bonds. The maximum atomic E-state index is 13.3. The first-order valence-corrected chi connectivity index (χ1v) is 16.9. The van der Waals surface area contributed by atoms with E-state index in [4.69, 9.17) is 18.9 Å². The monoisotopic (exact) mass is 634 g/mol. The fraction of sp³-hybridized carbons (Fsp3) is 0.526. The lowest BCUT2D eigenvalue weighted by atomic mass is 9.99. The molecule has 0 N–H and O–H groups in total. The average Bonchev–Trinajstić information content (AvgIpc) is 2.99. The number of ether oxygens (including phenoxy) is 4. The van der Waals surface area contributed by atoms with Crippen molar-refractivity contribution in [2.45, 2.75) is 119 Å². The van der Waals surface area contributed by atoms with Gasteiger partial charge in [0, 0.05) is 41.8 Å². The van der Waals surface area contributed by atoms with E-state index in [1.165, 1.54) is 0 Å². The minimum absolute atomic E-state index is 0.0331. The molecule has 0 bridgehead atoms. The summed E-state index contributed by atoms with van der Waals surface area (Å²) in [6, 6.07) is 10.3. The molecule has 8 nitrogen and oxygen atoms in total. The lowest BCUT2D eigenvalue weighted by Crippen LogP contribution is -2.15. The Hall–Kier alpha value is -3.94. The summed E-state index contributed by atoms with van der Waals surface area (Å²) in [5, 5.41) is 1.65. The molecule has 8 heteroatoms. The molecular formula is C38H50O8. The van der Waals surface area contributed by atoms with Crippen LogP contribution in [0.2, 0.25) is 0 Å². The van der Waals surface area contributed by atoms with Gasteiger partial charge in [-0.2, -0.15) is 0 Å². The van der Waals surface area contributed by atoms with Gasteiger partial charge in [0.25, 0.3) is 0 Å². The second-order valence-corrected chi connectivity index (χ2v) is 12.7. The van der Waals surface area contributed by atoms with Gasteiger partial charge in [-0.05, 0) is 36.8 Å². The second-order valence-electron chi connectivity index (χ2n) is 12.7. The van der Waals surface area contributed by atoms with Gasteiger partial charge >= 0.3 is 23.9 Å². The fourth-order valence-electron chi connectivity index (χ4n) is 5.24. The van der Waals surface area contributed by atoms with Gasteiger partial charge in [-0.1, -0.05) is 104 Å². The predicted molar refractivity (Wildman–Crippen MR) is 180 cm³/mol. The molecule has 0 unspecified atom stereocenters. The second kappa shape index (κ2) is 18.3. The van der Waals surface area contributed by atoms with E-state index in [0.29, 0.717) is 29.0 Å². The molecule has 0 aliphatic heterocycles. The molecule has 0 heterocycles. The van der Waals surface area contributed by atoms with Crippen LogP contribution in [0.15, 0.2) is 36.4 Å². The molecule has 0 saturated heterocycles. The third kappa shape index (κ3) is 10.6. The van der Waals surface area contributed by atoms with Crippen LogP contribution in [0.3, 0.4) is 0 Å². The van der Waals surface area contributed by atoms with Crippen molar-refractivity contribution in [3.05, 3.63) is 36.4 Å². The number of fused-ring (bicyclic) bond motifs is 2. The number of unbranched alkanes of at least 4 members (excludes halogenated alkanes) is 6. The van der Waals surface area contributed by atoms with Crippen molar-refractivity contribution in [2.75, 3.05) is 0 Å². The van der Waals surface area contributed by atoms with Crippen LogP contribution in [0.5, 0.6) is 23.0 Å². The molecule has 0 fully saturated rings. The third-order valence-corrected chi connectivity index (χ3v) is 7.50. The molecule has 0 aromatic heterocycles. The summed E-state index contributed by atoms with van der Waals surface area (Å²) in [6.45, 7) is 11.9. The zero-order valence-electron chi connectivity index (χ0n) is 28.4. The van der Waals surface area contributed by atoms with E-state index < -0.39 is 23.9 Å². The Kier molecular flexibility index (Phi) is 14.5. The average molecular weight is 635 g/mol. The Labute approximate surface area is 273 Å². The maximum Gasteiger partial charge on any atom is 0.311 e. The highest BCUT2D eigenvalue weighted by molar-refractivity contribution is 6.15. The summed E-state index contributed by atoms with van der Waals surface area (Å²) in [5.41, 5.74) is 0. The summed E-state index contributed by atoms with van der Waals surface area (Å²) in [5.74, 6) is -1.38. The molecule has 250 valence electrons.